The highest BCUT2D eigenvalue weighted by atomic mass is 32.2. The van der Waals surface area contributed by atoms with Crippen molar-refractivity contribution in [2.45, 2.75) is 11.8 Å². The number of nitrogens with one attached hydrogen (secondary N) is 1. The predicted molar refractivity (Wildman–Crippen MR) is 140 cm³/mol. The van der Waals surface area contributed by atoms with Crippen LogP contribution in [0.15, 0.2) is 33.3 Å². The zero-order valence-corrected chi connectivity index (χ0v) is 23.0. The number of hydrogen-bond donors (Lipinski definition) is 5. The number of aromatic nitrogens is 2. The molecule has 0 spiro atoms. The second kappa shape index (κ2) is 11.4. The van der Waals surface area contributed by atoms with Crippen LogP contribution in [0, 0.1) is 18.3 Å². The first kappa shape index (κ1) is 30.2. The van der Waals surface area contributed by atoms with Crippen molar-refractivity contribution in [3.8, 4) is 6.07 Å². The van der Waals surface area contributed by atoms with E-state index >= 15 is 0 Å². The van der Waals surface area contributed by atoms with Crippen molar-refractivity contribution in [3.05, 3.63) is 29.3 Å². The predicted octanol–water partition coefficient (Wildman–Crippen LogP) is 1.40. The van der Waals surface area contributed by atoms with Crippen LogP contribution in [-0.2, 0) is 30.4 Å². The first-order chi connectivity index (χ1) is 18.0. The minimum absolute atomic E-state index is 0.0682. The van der Waals surface area contributed by atoms with Gasteiger partial charge in [0.25, 0.3) is 30.4 Å². The quantitative estimate of drug-likeness (QED) is 0.0876. The van der Waals surface area contributed by atoms with Gasteiger partial charge >= 0.3 is 0 Å². The van der Waals surface area contributed by atoms with Crippen LogP contribution in [0.5, 0.6) is 0 Å². The Labute approximate surface area is 226 Å². The molecule has 3 aromatic rings. The number of hydrogen-bond acceptors (Lipinski definition) is 15. The van der Waals surface area contributed by atoms with Gasteiger partial charge in [-0.3, -0.25) is 18.7 Å². The van der Waals surface area contributed by atoms with Crippen LogP contribution in [0.4, 0.5) is 22.3 Å². The molecule has 6 N–H and O–H groups in total. The van der Waals surface area contributed by atoms with E-state index in [-0.39, 0.29) is 45.4 Å². The number of anilines is 2. The van der Waals surface area contributed by atoms with Crippen LogP contribution >= 0.6 is 11.5 Å². The molecule has 0 aliphatic rings. The van der Waals surface area contributed by atoms with E-state index in [4.69, 9.17) is 14.9 Å². The number of hydrazine groups is 1. The molecule has 0 amide bonds. The lowest BCUT2D eigenvalue weighted by molar-refractivity contribution is 0.480. The van der Waals surface area contributed by atoms with Gasteiger partial charge < -0.3 is 5.32 Å². The fourth-order valence-electron chi connectivity index (χ4n) is 3.12. The Balaban J connectivity index is 2.12. The van der Waals surface area contributed by atoms with Crippen molar-refractivity contribution in [1.29, 1.82) is 5.26 Å². The number of rotatable bonds is 11. The van der Waals surface area contributed by atoms with Crippen LogP contribution in [0.3, 0.4) is 0 Å². The molecule has 0 aliphatic carbocycles. The molecule has 0 atom stereocenters. The Morgan fingerprint density at radius 3 is 2.36 bits per heavy atom. The summed E-state index contributed by atoms with van der Waals surface area (Å²) in [5.74, 6) is 3.98. The van der Waals surface area contributed by atoms with E-state index < -0.39 is 53.3 Å². The van der Waals surface area contributed by atoms with Crippen molar-refractivity contribution in [3.63, 3.8) is 0 Å². The third-order valence-corrected chi connectivity index (χ3v) is 8.02. The maximum atomic E-state index is 11.5. The molecule has 0 fully saturated rings. The van der Waals surface area contributed by atoms with Gasteiger partial charge in [0.2, 0.25) is 0 Å². The molecule has 0 radical (unpaired) electrons. The molecule has 210 valence electrons. The molecule has 0 aliphatic heterocycles. The highest BCUT2D eigenvalue weighted by Crippen LogP contribution is 2.38. The number of nitriles is 1. The van der Waals surface area contributed by atoms with Crippen molar-refractivity contribution in [2.24, 2.45) is 16.1 Å². The Morgan fingerprint density at radius 1 is 1.10 bits per heavy atom. The summed E-state index contributed by atoms with van der Waals surface area (Å²) in [5, 5.41) is 21.7. The van der Waals surface area contributed by atoms with E-state index in [1.165, 1.54) is 13.0 Å². The average molecular weight is 621 g/mol. The summed E-state index contributed by atoms with van der Waals surface area (Å²) in [6.07, 6.45) is 0. The third-order valence-electron chi connectivity index (χ3n) is 4.99. The smallest absolute Gasteiger partial charge is 0.294 e. The first-order valence-corrected chi connectivity index (χ1v) is 15.8. The van der Waals surface area contributed by atoms with E-state index in [1.807, 2.05) is 6.07 Å². The summed E-state index contributed by atoms with van der Waals surface area (Å²) in [5.41, 5.74) is 0.273. The van der Waals surface area contributed by atoms with E-state index in [1.54, 1.807) is 0 Å². The Morgan fingerprint density at radius 2 is 1.77 bits per heavy atom. The van der Waals surface area contributed by atoms with Gasteiger partial charge in [0.15, 0.2) is 16.6 Å². The molecule has 39 heavy (non-hydrogen) atoms. The summed E-state index contributed by atoms with van der Waals surface area (Å²) >= 11 is 0.847. The molecule has 0 bridgehead atoms. The summed E-state index contributed by atoms with van der Waals surface area (Å²) in [6, 6.07) is 5.52. The maximum Gasteiger partial charge on any atom is 0.294 e. The summed E-state index contributed by atoms with van der Waals surface area (Å²) in [6.45, 7) is 0.605. The Hall–Kier alpha value is -3.36. The van der Waals surface area contributed by atoms with Crippen molar-refractivity contribution < 1.29 is 38.9 Å². The van der Waals surface area contributed by atoms with E-state index in [9.17, 15) is 35.1 Å². The molecule has 0 saturated carbocycles. The molecule has 1 aromatic carbocycles. The lowest BCUT2D eigenvalue weighted by Gasteiger charge is -2.21. The highest BCUT2D eigenvalue weighted by molar-refractivity contribution is 7.86. The van der Waals surface area contributed by atoms with Gasteiger partial charge in [-0.1, -0.05) is 0 Å². The topological polar surface area (TPSA) is 279 Å². The Bertz CT molecular complexity index is 1810. The lowest BCUT2D eigenvalue weighted by atomic mass is 10.1. The summed E-state index contributed by atoms with van der Waals surface area (Å²) in [4.78, 5) is 3.77. The van der Waals surface area contributed by atoms with Gasteiger partial charge in [0.1, 0.15) is 17.3 Å². The summed E-state index contributed by atoms with van der Waals surface area (Å²) in [7, 11) is -13.3. The van der Waals surface area contributed by atoms with E-state index in [2.05, 4.69) is 24.9 Å². The average Bonchev–Trinajstić information content (AvgIpc) is 3.22. The van der Waals surface area contributed by atoms with E-state index in [0.29, 0.717) is 5.52 Å². The van der Waals surface area contributed by atoms with Crippen molar-refractivity contribution in [1.82, 2.24) is 9.36 Å². The number of azo groups is 1. The minimum Gasteiger partial charge on any atom is -0.367 e. The second-order valence-corrected chi connectivity index (χ2v) is 13.1. The van der Waals surface area contributed by atoms with Crippen LogP contribution in [-0.4, -0.2) is 72.9 Å². The number of fused-ring (bicyclic) bond motifs is 1. The molecule has 17 nitrogen and oxygen atoms in total. The number of nitrogens with two attached hydrogens (primary N) is 1. The zero-order chi connectivity index (χ0) is 29.2. The van der Waals surface area contributed by atoms with Gasteiger partial charge in [0, 0.05) is 17.5 Å². The van der Waals surface area contributed by atoms with Gasteiger partial charge in [-0.05, 0) is 36.7 Å². The van der Waals surface area contributed by atoms with Gasteiger partial charge in [-0.25, -0.2) is 10.8 Å². The van der Waals surface area contributed by atoms with Gasteiger partial charge in [-0.2, -0.15) is 34.9 Å². The number of benzene rings is 1. The zero-order valence-electron chi connectivity index (χ0n) is 19.7. The molecular weight excluding hydrogens is 601 g/mol. The van der Waals surface area contributed by atoms with Gasteiger partial charge in [0.05, 0.1) is 28.5 Å². The molecule has 2 aromatic heterocycles. The van der Waals surface area contributed by atoms with Crippen LogP contribution in [0.2, 0.25) is 0 Å². The molecule has 0 saturated heterocycles. The maximum absolute atomic E-state index is 11.5. The van der Waals surface area contributed by atoms with Crippen molar-refractivity contribution >= 4 is 75.1 Å². The first-order valence-electron chi connectivity index (χ1n) is 10.4. The lowest BCUT2D eigenvalue weighted by Crippen LogP contribution is -2.37. The SMILES string of the molecule is Cc1c(C#N)c(N(N)CCS(=O)(=O)O)nc(NCCS(=O)(=O)O)c1/N=N/c1snc2ccc(S(=O)(=O)O)cc12. The second-order valence-electron chi connectivity index (χ2n) is 7.78. The third kappa shape index (κ3) is 7.83. The molecular formula is C18H20N8O9S4. The van der Waals surface area contributed by atoms with Gasteiger partial charge in [-0.15, -0.1) is 10.2 Å². The summed E-state index contributed by atoms with van der Waals surface area (Å²) < 4.78 is 99.2. The fourth-order valence-corrected chi connectivity index (χ4v) is 5.10. The monoisotopic (exact) mass is 620 g/mol. The minimum atomic E-state index is -4.52. The molecule has 3 rings (SSSR count). The Kier molecular flexibility index (Phi) is 8.82. The van der Waals surface area contributed by atoms with Crippen molar-refractivity contribution in [2.75, 3.05) is 34.9 Å². The number of pyridine rings is 1. The number of nitrogens with zero attached hydrogens (tertiary/aromatic N) is 6. The van der Waals surface area contributed by atoms with E-state index in [0.717, 1.165) is 28.7 Å². The largest absolute Gasteiger partial charge is 0.367 e. The van der Waals surface area contributed by atoms with Crippen LogP contribution in [0.25, 0.3) is 10.9 Å². The van der Waals surface area contributed by atoms with Crippen LogP contribution in [0.1, 0.15) is 11.1 Å². The highest BCUT2D eigenvalue weighted by Gasteiger charge is 2.22. The molecule has 21 heteroatoms. The fraction of sp³-hybridized carbons (Fsp3) is 0.278. The van der Waals surface area contributed by atoms with Crippen LogP contribution < -0.4 is 16.2 Å². The molecule has 2 heterocycles. The standard InChI is InChI=1S/C18H20N8O9S4/c1-10-13(9-19)17(26(20)5-7-38(30,31)32)22-16(21-4-6-37(27,28)29)15(10)23-24-18-12-8-11(39(33,34)35)2-3-14(12)25-36-18/h2-3,8H,4-7,20H2,1H3,(H,21,22)(H,27,28,29)(H,30,31,32)(H,33,34,35)/b24-23+. The normalized spacial score (nSPS) is 12.6. The molecule has 0 unspecified atom stereocenters.